The van der Waals surface area contributed by atoms with Crippen molar-refractivity contribution in [3.05, 3.63) is 48.2 Å². The van der Waals surface area contributed by atoms with Gasteiger partial charge in [-0.15, -0.1) is 0 Å². The van der Waals surface area contributed by atoms with Gasteiger partial charge in [-0.25, -0.2) is 4.98 Å². The maximum absolute atomic E-state index is 12.0. The first kappa shape index (κ1) is 18.7. The van der Waals surface area contributed by atoms with E-state index < -0.39 is 5.91 Å². The number of nitrogens with zero attached hydrogens (tertiary/aromatic N) is 1. The number of pyridine rings is 1. The van der Waals surface area contributed by atoms with Crippen LogP contribution >= 0.6 is 12.2 Å². The van der Waals surface area contributed by atoms with E-state index in [4.69, 9.17) is 22.1 Å². The predicted octanol–water partition coefficient (Wildman–Crippen LogP) is 3.48. The number of carbonyl (C=O) groups is 1. The molecule has 0 atom stereocenters. The van der Waals surface area contributed by atoms with E-state index in [0.717, 1.165) is 30.7 Å². The lowest BCUT2D eigenvalue weighted by atomic mass is 10.2. The van der Waals surface area contributed by atoms with Gasteiger partial charge in [-0.3, -0.25) is 10.1 Å². The summed E-state index contributed by atoms with van der Waals surface area (Å²) in [5.74, 6) is 0.252. The number of ether oxygens (including phenoxy) is 1. The second-order valence-corrected chi connectivity index (χ2v) is 5.80. The first-order chi connectivity index (χ1) is 12.1. The molecule has 1 amide bonds. The molecule has 0 radical (unpaired) electrons. The summed E-state index contributed by atoms with van der Waals surface area (Å²) in [6, 6.07) is 10.2. The van der Waals surface area contributed by atoms with Gasteiger partial charge in [0.1, 0.15) is 5.75 Å². The Labute approximate surface area is 152 Å². The van der Waals surface area contributed by atoms with Crippen LogP contribution in [0.2, 0.25) is 0 Å². The third-order valence-electron chi connectivity index (χ3n) is 3.37. The minimum absolute atomic E-state index is 0.144. The van der Waals surface area contributed by atoms with Gasteiger partial charge in [0.25, 0.3) is 5.91 Å². The molecule has 1 aromatic heterocycles. The average molecular weight is 359 g/mol. The van der Waals surface area contributed by atoms with Crippen molar-refractivity contribution < 1.29 is 14.6 Å². The molecule has 0 saturated carbocycles. The van der Waals surface area contributed by atoms with Gasteiger partial charge in [0.05, 0.1) is 12.2 Å². The highest BCUT2D eigenvalue weighted by Crippen LogP contribution is 2.16. The van der Waals surface area contributed by atoms with E-state index in [1.807, 2.05) is 24.3 Å². The lowest BCUT2D eigenvalue weighted by Crippen LogP contribution is -2.34. The van der Waals surface area contributed by atoms with Crippen LogP contribution in [0.5, 0.6) is 11.6 Å². The normalized spacial score (nSPS) is 10.1. The summed E-state index contributed by atoms with van der Waals surface area (Å²) in [5.41, 5.74) is 1.05. The third kappa shape index (κ3) is 6.39. The summed E-state index contributed by atoms with van der Waals surface area (Å²) in [4.78, 5) is 15.7. The van der Waals surface area contributed by atoms with Crippen molar-refractivity contribution in [3.63, 3.8) is 0 Å². The first-order valence-corrected chi connectivity index (χ1v) is 8.49. The minimum Gasteiger partial charge on any atom is -0.494 e. The number of hydrogen-bond acceptors (Lipinski definition) is 5. The Balaban J connectivity index is 1.81. The second kappa shape index (κ2) is 9.58. The minimum atomic E-state index is -0.402. The van der Waals surface area contributed by atoms with Gasteiger partial charge in [-0.05, 0) is 49.0 Å². The Morgan fingerprint density at radius 2 is 1.96 bits per heavy atom. The highest BCUT2D eigenvalue weighted by molar-refractivity contribution is 7.80. The molecule has 6 nitrogen and oxygen atoms in total. The van der Waals surface area contributed by atoms with E-state index in [2.05, 4.69) is 22.5 Å². The van der Waals surface area contributed by atoms with Crippen LogP contribution in [0.1, 0.15) is 36.5 Å². The summed E-state index contributed by atoms with van der Waals surface area (Å²) in [5, 5.41) is 14.8. The van der Waals surface area contributed by atoms with Crippen LogP contribution in [0.3, 0.4) is 0 Å². The molecule has 0 spiro atoms. The van der Waals surface area contributed by atoms with Crippen LogP contribution in [0, 0.1) is 0 Å². The number of thiocarbonyl (C=S) groups is 1. The Bertz CT molecular complexity index is 703. The Morgan fingerprint density at radius 3 is 2.60 bits per heavy atom. The van der Waals surface area contributed by atoms with Gasteiger partial charge < -0.3 is 15.2 Å². The molecule has 0 aliphatic carbocycles. The lowest BCUT2D eigenvalue weighted by Gasteiger charge is -2.11. The molecule has 2 aromatic rings. The summed E-state index contributed by atoms with van der Waals surface area (Å²) in [7, 11) is 0. The number of benzene rings is 1. The van der Waals surface area contributed by atoms with Gasteiger partial charge in [0, 0.05) is 18.0 Å². The van der Waals surface area contributed by atoms with Crippen molar-refractivity contribution in [1.29, 1.82) is 0 Å². The van der Waals surface area contributed by atoms with Crippen LogP contribution in [-0.4, -0.2) is 27.7 Å². The van der Waals surface area contributed by atoms with Gasteiger partial charge in [0.15, 0.2) is 5.11 Å². The number of aromatic hydroxyl groups is 1. The summed E-state index contributed by atoms with van der Waals surface area (Å²) in [6.07, 6.45) is 4.64. The number of unbranched alkanes of at least 4 members (excludes halogenated alkanes) is 2. The van der Waals surface area contributed by atoms with Crippen molar-refractivity contribution in [2.75, 3.05) is 11.9 Å². The second-order valence-electron chi connectivity index (χ2n) is 5.39. The molecule has 3 N–H and O–H groups in total. The van der Waals surface area contributed by atoms with E-state index in [1.54, 1.807) is 0 Å². The predicted molar refractivity (Wildman–Crippen MR) is 101 cm³/mol. The van der Waals surface area contributed by atoms with E-state index in [9.17, 15) is 4.79 Å². The molecule has 1 heterocycles. The summed E-state index contributed by atoms with van der Waals surface area (Å²) < 4.78 is 5.64. The Hall–Kier alpha value is -2.67. The summed E-state index contributed by atoms with van der Waals surface area (Å²) in [6.45, 7) is 2.86. The topological polar surface area (TPSA) is 83.5 Å². The number of rotatable bonds is 7. The Morgan fingerprint density at radius 1 is 1.20 bits per heavy atom. The highest BCUT2D eigenvalue weighted by Gasteiger charge is 2.08. The van der Waals surface area contributed by atoms with Gasteiger partial charge in [0.2, 0.25) is 5.88 Å². The zero-order valence-corrected chi connectivity index (χ0v) is 14.8. The zero-order valence-electron chi connectivity index (χ0n) is 14.0. The van der Waals surface area contributed by atoms with Gasteiger partial charge in [-0.2, -0.15) is 0 Å². The summed E-state index contributed by atoms with van der Waals surface area (Å²) >= 11 is 5.13. The van der Waals surface area contributed by atoms with Crippen molar-refractivity contribution in [1.82, 2.24) is 10.3 Å². The standard InChI is InChI=1S/C18H21N3O3S/c1-2-3-4-11-24-15-8-6-14(7-9-15)20-18(25)21-17(23)13-5-10-16(22)19-12-13/h5-10,12H,2-4,11H2,1H3,(H,19,22)(H2,20,21,23,25). The molecule has 2 rings (SSSR count). The number of anilines is 1. The molecule has 0 bridgehead atoms. The monoisotopic (exact) mass is 359 g/mol. The number of hydrogen-bond donors (Lipinski definition) is 3. The van der Waals surface area contributed by atoms with Crippen molar-refractivity contribution in [2.24, 2.45) is 0 Å². The number of amides is 1. The quantitative estimate of drug-likeness (QED) is 0.518. The molecular formula is C18H21N3O3S. The molecule has 25 heavy (non-hydrogen) atoms. The smallest absolute Gasteiger partial charge is 0.258 e. The molecule has 0 aliphatic heterocycles. The fourth-order valence-electron chi connectivity index (χ4n) is 2.03. The van der Waals surface area contributed by atoms with Crippen LogP contribution in [0.4, 0.5) is 5.69 Å². The molecule has 0 saturated heterocycles. The zero-order chi connectivity index (χ0) is 18.1. The Kier molecular flexibility index (Phi) is 7.16. The SMILES string of the molecule is CCCCCOc1ccc(NC(=S)NC(=O)c2ccc(O)nc2)cc1. The van der Waals surface area contributed by atoms with Crippen LogP contribution < -0.4 is 15.4 Å². The molecule has 7 heteroatoms. The number of carbonyl (C=O) groups excluding carboxylic acids is 1. The largest absolute Gasteiger partial charge is 0.494 e. The molecular weight excluding hydrogens is 338 g/mol. The lowest BCUT2D eigenvalue weighted by molar-refractivity contribution is 0.0977. The van der Waals surface area contributed by atoms with Gasteiger partial charge in [-0.1, -0.05) is 19.8 Å². The van der Waals surface area contributed by atoms with E-state index in [-0.39, 0.29) is 11.0 Å². The van der Waals surface area contributed by atoms with Crippen LogP contribution in [-0.2, 0) is 0 Å². The fourth-order valence-corrected chi connectivity index (χ4v) is 2.25. The fraction of sp³-hybridized carbons (Fsp3) is 0.278. The van der Waals surface area contributed by atoms with E-state index >= 15 is 0 Å². The molecule has 0 unspecified atom stereocenters. The first-order valence-electron chi connectivity index (χ1n) is 8.08. The molecule has 0 fully saturated rings. The molecule has 132 valence electrons. The van der Waals surface area contributed by atoms with Crippen LogP contribution in [0.15, 0.2) is 42.6 Å². The number of aromatic nitrogens is 1. The maximum Gasteiger partial charge on any atom is 0.258 e. The van der Waals surface area contributed by atoms with Crippen molar-refractivity contribution >= 4 is 28.9 Å². The average Bonchev–Trinajstić information content (AvgIpc) is 2.60. The van der Waals surface area contributed by atoms with E-state index in [1.165, 1.54) is 18.3 Å². The van der Waals surface area contributed by atoms with E-state index in [0.29, 0.717) is 12.2 Å². The molecule has 0 aliphatic rings. The van der Waals surface area contributed by atoms with Gasteiger partial charge >= 0.3 is 0 Å². The highest BCUT2D eigenvalue weighted by atomic mass is 32.1. The number of nitrogens with one attached hydrogen (secondary N) is 2. The maximum atomic E-state index is 12.0. The third-order valence-corrected chi connectivity index (χ3v) is 3.57. The molecule has 1 aromatic carbocycles. The van der Waals surface area contributed by atoms with Crippen molar-refractivity contribution in [2.45, 2.75) is 26.2 Å². The van der Waals surface area contributed by atoms with Crippen LogP contribution in [0.25, 0.3) is 0 Å². The van der Waals surface area contributed by atoms with Crippen molar-refractivity contribution in [3.8, 4) is 11.6 Å².